The van der Waals surface area contributed by atoms with Crippen LogP contribution in [0.15, 0.2) is 12.2 Å². The Morgan fingerprint density at radius 2 is 0.566 bits per heavy atom. The van der Waals surface area contributed by atoms with Gasteiger partial charge in [0.15, 0.2) is 0 Å². The number of esters is 1. The van der Waals surface area contributed by atoms with Crippen molar-refractivity contribution in [3.05, 3.63) is 12.2 Å². The minimum absolute atomic E-state index is 0.0189. The molecule has 0 aromatic carbocycles. The first kappa shape index (κ1) is 81.6. The molecule has 0 aromatic heterocycles. The summed E-state index contributed by atoms with van der Waals surface area (Å²) in [4.78, 5) is 24.7. The fourth-order valence-corrected chi connectivity index (χ4v) is 12.5. The number of nitrogens with one attached hydrogen (secondary N) is 1. The molecule has 0 radical (unpaired) electrons. The van der Waals surface area contributed by atoms with Gasteiger partial charge in [0.05, 0.1) is 25.4 Å². The summed E-state index contributed by atoms with van der Waals surface area (Å²) in [6.45, 7) is 5.01. The van der Waals surface area contributed by atoms with Gasteiger partial charge in [-0.3, -0.25) is 9.59 Å². The normalized spacial score (nSPS) is 12.5. The second kappa shape index (κ2) is 73.1. The van der Waals surface area contributed by atoms with Crippen molar-refractivity contribution in [3.8, 4) is 0 Å². The number of hydrogen-bond acceptors (Lipinski definition) is 5. The molecule has 83 heavy (non-hydrogen) atoms. The van der Waals surface area contributed by atoms with E-state index in [4.69, 9.17) is 4.74 Å². The lowest BCUT2D eigenvalue weighted by Crippen LogP contribution is -2.45. The van der Waals surface area contributed by atoms with Gasteiger partial charge in [0.25, 0.3) is 0 Å². The van der Waals surface area contributed by atoms with Gasteiger partial charge in [-0.05, 0) is 51.4 Å². The van der Waals surface area contributed by atoms with E-state index in [0.29, 0.717) is 25.9 Å². The summed E-state index contributed by atoms with van der Waals surface area (Å²) < 4.78 is 5.52. The average Bonchev–Trinajstić information content (AvgIpc) is 3.49. The quantitative estimate of drug-likeness (QED) is 0.0320. The third-order valence-corrected chi connectivity index (χ3v) is 18.3. The summed E-state index contributed by atoms with van der Waals surface area (Å²) >= 11 is 0. The van der Waals surface area contributed by atoms with Gasteiger partial charge >= 0.3 is 5.97 Å². The summed E-state index contributed by atoms with van der Waals surface area (Å²) in [6.07, 6.45) is 91.4. The Kier molecular flexibility index (Phi) is 71.8. The third kappa shape index (κ3) is 69.6. The molecule has 0 aliphatic carbocycles. The molecule has 0 saturated heterocycles. The molecular weight excluding hydrogens is 1020 g/mol. The second-order valence-corrected chi connectivity index (χ2v) is 26.7. The average molecular weight is 1170 g/mol. The molecule has 1 amide bonds. The van der Waals surface area contributed by atoms with Crippen LogP contribution >= 0.6 is 0 Å². The zero-order chi connectivity index (χ0) is 59.9. The van der Waals surface area contributed by atoms with Crippen LogP contribution in [0.5, 0.6) is 0 Å². The largest absolute Gasteiger partial charge is 0.466 e. The number of carbonyl (C=O) groups is 2. The van der Waals surface area contributed by atoms with E-state index < -0.39 is 12.1 Å². The van der Waals surface area contributed by atoms with Crippen LogP contribution < -0.4 is 5.32 Å². The Labute approximate surface area is 520 Å². The highest BCUT2D eigenvalue weighted by Gasteiger charge is 2.20. The predicted molar refractivity (Wildman–Crippen MR) is 366 cm³/mol. The molecule has 0 bridgehead atoms. The zero-order valence-electron chi connectivity index (χ0n) is 56.7. The van der Waals surface area contributed by atoms with Crippen molar-refractivity contribution in [2.75, 3.05) is 13.2 Å². The van der Waals surface area contributed by atoms with Crippen molar-refractivity contribution < 1.29 is 24.5 Å². The van der Waals surface area contributed by atoms with E-state index in [2.05, 4.69) is 31.3 Å². The number of hydrogen-bond donors (Lipinski definition) is 3. The van der Waals surface area contributed by atoms with Gasteiger partial charge in [0.2, 0.25) is 5.91 Å². The summed E-state index contributed by atoms with van der Waals surface area (Å²) in [5, 5.41) is 23.5. The smallest absolute Gasteiger partial charge is 0.305 e. The van der Waals surface area contributed by atoms with Crippen LogP contribution in [0.25, 0.3) is 0 Å². The Morgan fingerprint density at radius 3 is 0.855 bits per heavy atom. The van der Waals surface area contributed by atoms with Gasteiger partial charge in [-0.2, -0.15) is 0 Å². The summed E-state index contributed by atoms with van der Waals surface area (Å²) in [6, 6.07) is -0.546. The van der Waals surface area contributed by atoms with Crippen LogP contribution in [0.4, 0.5) is 0 Å². The standard InChI is InChI=1S/C77H151NO5/c1-3-5-7-9-11-13-15-17-19-21-23-24-27-30-34-37-41-45-49-53-57-61-65-69-75(80)74(73-79)78-76(81)70-66-62-58-54-50-46-42-38-35-31-28-25-26-29-32-36-40-44-48-52-56-60-64-68-72-83-77(82)71-67-63-59-55-51-47-43-39-33-22-20-18-16-14-12-10-8-6-4-2/h28,31,74-75,79-80H,3-27,29-30,32-73H2,1-2H3,(H,78,81)/b31-28-. The number of rotatable bonds is 73. The van der Waals surface area contributed by atoms with Gasteiger partial charge in [-0.15, -0.1) is 0 Å². The number of aliphatic hydroxyl groups excluding tert-OH is 2. The Bertz CT molecular complexity index is 1260. The number of carbonyl (C=O) groups excluding carboxylic acids is 2. The number of amides is 1. The number of allylic oxidation sites excluding steroid dienone is 2. The highest BCUT2D eigenvalue weighted by Crippen LogP contribution is 2.20. The van der Waals surface area contributed by atoms with Gasteiger partial charge in [0.1, 0.15) is 0 Å². The molecule has 0 spiro atoms. The van der Waals surface area contributed by atoms with E-state index in [1.807, 2.05) is 0 Å². The van der Waals surface area contributed by atoms with Crippen LogP contribution in [0.2, 0.25) is 0 Å². The molecule has 6 heteroatoms. The zero-order valence-corrected chi connectivity index (χ0v) is 56.7. The first-order chi connectivity index (χ1) is 41.0. The lowest BCUT2D eigenvalue weighted by Gasteiger charge is -2.22. The Morgan fingerprint density at radius 1 is 0.325 bits per heavy atom. The van der Waals surface area contributed by atoms with Crippen LogP contribution in [-0.4, -0.2) is 47.4 Å². The molecule has 0 fully saturated rings. The minimum Gasteiger partial charge on any atom is -0.466 e. The van der Waals surface area contributed by atoms with Crippen molar-refractivity contribution >= 4 is 11.9 Å². The van der Waals surface area contributed by atoms with Gasteiger partial charge in [0, 0.05) is 12.8 Å². The maximum atomic E-state index is 12.6. The summed E-state index contributed by atoms with van der Waals surface area (Å²) in [7, 11) is 0. The highest BCUT2D eigenvalue weighted by molar-refractivity contribution is 5.76. The molecule has 0 aliphatic rings. The highest BCUT2D eigenvalue weighted by atomic mass is 16.5. The number of ether oxygens (including phenoxy) is 1. The fraction of sp³-hybridized carbons (Fsp3) is 0.948. The predicted octanol–water partition coefficient (Wildman–Crippen LogP) is 25.1. The molecule has 6 nitrogen and oxygen atoms in total. The molecule has 2 atom stereocenters. The lowest BCUT2D eigenvalue weighted by atomic mass is 10.0. The van der Waals surface area contributed by atoms with Gasteiger partial charge in [-0.25, -0.2) is 0 Å². The van der Waals surface area contributed by atoms with Gasteiger partial charge < -0.3 is 20.3 Å². The molecule has 0 rings (SSSR count). The van der Waals surface area contributed by atoms with Crippen molar-refractivity contribution in [2.45, 2.75) is 456 Å². The number of aliphatic hydroxyl groups is 2. The monoisotopic (exact) mass is 1170 g/mol. The first-order valence-electron chi connectivity index (χ1n) is 38.4. The molecule has 0 aromatic rings. The molecule has 2 unspecified atom stereocenters. The molecule has 0 aliphatic heterocycles. The van der Waals surface area contributed by atoms with Crippen LogP contribution in [-0.2, 0) is 14.3 Å². The van der Waals surface area contributed by atoms with E-state index in [1.165, 1.54) is 372 Å². The van der Waals surface area contributed by atoms with E-state index in [-0.39, 0.29) is 18.5 Å². The Hall–Kier alpha value is -1.40. The molecule has 0 saturated carbocycles. The SMILES string of the molecule is CCCCCCCCCCCCCCCCCCCCCCCCCC(O)C(CO)NC(=O)CCCCCCCCCC/C=C\CCCCCCCCCCCCCCOC(=O)CCCCCCCCCCCCCCCCCCCCC. The van der Waals surface area contributed by atoms with E-state index in [9.17, 15) is 19.8 Å². The van der Waals surface area contributed by atoms with Gasteiger partial charge in [-0.1, -0.05) is 392 Å². The molecule has 3 N–H and O–H groups in total. The molecule has 494 valence electrons. The van der Waals surface area contributed by atoms with E-state index in [0.717, 1.165) is 38.5 Å². The Balaban J connectivity index is 3.38. The molecular formula is C77H151NO5. The fourth-order valence-electron chi connectivity index (χ4n) is 12.5. The minimum atomic E-state index is -0.668. The maximum absolute atomic E-state index is 12.6. The lowest BCUT2D eigenvalue weighted by molar-refractivity contribution is -0.143. The van der Waals surface area contributed by atoms with Crippen LogP contribution in [0, 0.1) is 0 Å². The van der Waals surface area contributed by atoms with E-state index >= 15 is 0 Å². The van der Waals surface area contributed by atoms with E-state index in [1.54, 1.807) is 0 Å². The van der Waals surface area contributed by atoms with Crippen molar-refractivity contribution in [2.24, 2.45) is 0 Å². The van der Waals surface area contributed by atoms with Crippen LogP contribution in [0.1, 0.15) is 444 Å². The maximum Gasteiger partial charge on any atom is 0.305 e. The van der Waals surface area contributed by atoms with Crippen molar-refractivity contribution in [1.82, 2.24) is 5.32 Å². The summed E-state index contributed by atoms with van der Waals surface area (Å²) in [5.41, 5.74) is 0. The topological polar surface area (TPSA) is 95.9 Å². The third-order valence-electron chi connectivity index (χ3n) is 18.3. The number of unbranched alkanes of at least 4 members (excludes halogenated alkanes) is 60. The van der Waals surface area contributed by atoms with Crippen LogP contribution in [0.3, 0.4) is 0 Å². The van der Waals surface area contributed by atoms with Crippen molar-refractivity contribution in [3.63, 3.8) is 0 Å². The summed E-state index contributed by atoms with van der Waals surface area (Å²) in [5.74, 6) is -0.0150. The van der Waals surface area contributed by atoms with Crippen molar-refractivity contribution in [1.29, 1.82) is 0 Å². The molecule has 0 heterocycles. The first-order valence-corrected chi connectivity index (χ1v) is 38.4. The second-order valence-electron chi connectivity index (χ2n) is 26.7.